The van der Waals surface area contributed by atoms with E-state index in [1.165, 1.54) is 17.4 Å². The number of hydrogen-bond donors (Lipinski definition) is 1. The van der Waals surface area contributed by atoms with Gasteiger partial charge in [0.25, 0.3) is 0 Å². The molecule has 3 heterocycles. The molecule has 0 aliphatic carbocycles. The van der Waals surface area contributed by atoms with Gasteiger partial charge in [-0.25, -0.2) is 4.79 Å². The number of nitrogens with one attached hydrogen (secondary N) is 1. The van der Waals surface area contributed by atoms with Crippen LogP contribution in [0, 0.1) is 0 Å². The minimum absolute atomic E-state index is 0.272. The largest absolute Gasteiger partial charge is 0.444 e. The summed E-state index contributed by atoms with van der Waals surface area (Å²) in [5.74, 6) is -0.272. The van der Waals surface area contributed by atoms with Crippen LogP contribution in [0.2, 0.25) is 0 Å². The molecule has 2 aliphatic heterocycles. The van der Waals surface area contributed by atoms with Crippen LogP contribution >= 0.6 is 39.0 Å². The van der Waals surface area contributed by atoms with E-state index in [1.807, 2.05) is 32.9 Å². The minimum Gasteiger partial charge on any atom is -0.444 e. The predicted molar refractivity (Wildman–Crippen MR) is 138 cm³/mol. The van der Waals surface area contributed by atoms with Gasteiger partial charge in [0.1, 0.15) is 15.6 Å². The van der Waals surface area contributed by atoms with Gasteiger partial charge in [0.15, 0.2) is 0 Å². The van der Waals surface area contributed by atoms with E-state index in [0.29, 0.717) is 26.1 Å². The van der Waals surface area contributed by atoms with Crippen LogP contribution < -0.4 is 5.32 Å². The van der Waals surface area contributed by atoms with Gasteiger partial charge < -0.3 is 15.0 Å². The number of hydrogen-bond acceptors (Lipinski definition) is 6. The number of ether oxygens (including phenoxy) is 1. The van der Waals surface area contributed by atoms with Gasteiger partial charge in [0.05, 0.1) is 13.1 Å². The molecule has 2 aliphatic rings. The van der Waals surface area contributed by atoms with E-state index in [9.17, 15) is 9.59 Å². The van der Waals surface area contributed by atoms with Gasteiger partial charge in [-0.15, -0.1) is 11.3 Å². The molecule has 9 heteroatoms. The summed E-state index contributed by atoms with van der Waals surface area (Å²) < 4.78 is 6.43. The summed E-state index contributed by atoms with van der Waals surface area (Å²) in [6.07, 6.45) is 7.28. The molecule has 0 aromatic carbocycles. The molecule has 1 N–H and O–H groups in total. The number of amides is 2. The average molecular weight is 537 g/mol. The van der Waals surface area contributed by atoms with Crippen LogP contribution in [0.4, 0.5) is 9.80 Å². The molecular formula is C23H26BrN3O3S2. The molecule has 0 atom stereocenters. The molecule has 0 radical (unpaired) electrons. The highest BCUT2D eigenvalue weighted by atomic mass is 79.9. The lowest BCUT2D eigenvalue weighted by molar-refractivity contribution is -0.111. The Morgan fingerprint density at radius 3 is 2.69 bits per heavy atom. The highest BCUT2D eigenvalue weighted by Crippen LogP contribution is 2.42. The smallest absolute Gasteiger partial charge is 0.410 e. The first-order valence-electron chi connectivity index (χ1n) is 10.1. The number of thioether (sulfide) groups is 1. The summed E-state index contributed by atoms with van der Waals surface area (Å²) in [7, 11) is 0. The molecule has 0 fully saturated rings. The van der Waals surface area contributed by atoms with Crippen molar-refractivity contribution in [1.82, 2.24) is 4.90 Å². The first kappa shape index (κ1) is 24.5. The molecule has 170 valence electrons. The Bertz CT molecular complexity index is 1050. The summed E-state index contributed by atoms with van der Waals surface area (Å²) in [5, 5.41) is 4.55. The van der Waals surface area contributed by atoms with Crippen molar-refractivity contribution in [3.63, 3.8) is 0 Å². The Labute approximate surface area is 205 Å². The monoisotopic (exact) mass is 535 g/mol. The van der Waals surface area contributed by atoms with E-state index in [1.54, 1.807) is 22.7 Å². The van der Waals surface area contributed by atoms with E-state index in [4.69, 9.17) is 9.73 Å². The van der Waals surface area contributed by atoms with Crippen molar-refractivity contribution >= 4 is 61.1 Å². The first-order chi connectivity index (χ1) is 15.1. The molecule has 0 saturated carbocycles. The maximum absolute atomic E-state index is 12.6. The zero-order valence-electron chi connectivity index (χ0n) is 18.4. The molecule has 1 aromatic rings. The molecule has 3 rings (SSSR count). The third-order valence-electron chi connectivity index (χ3n) is 4.57. The fourth-order valence-corrected chi connectivity index (χ4v) is 5.59. The van der Waals surface area contributed by atoms with E-state index < -0.39 is 5.60 Å². The fourth-order valence-electron chi connectivity index (χ4n) is 3.16. The standard InChI is InChI=1S/C23H26BrN3O3S2/c1-6-14(24)8-9-15-12-25-20(31-15)19-16-10-11-27(22(29)30-23(3,4)5)13-17(16)32-21(19)26-18(28)7-2/h6-9H,1-2,10-13H2,3-5H3,(H,26,28)/b14-8+,15-9+. The molecule has 32 heavy (non-hydrogen) atoms. The van der Waals surface area contributed by atoms with Crippen molar-refractivity contribution in [2.45, 2.75) is 39.3 Å². The van der Waals surface area contributed by atoms with E-state index in [2.05, 4.69) is 34.4 Å². The molecular weight excluding hydrogens is 510 g/mol. The lowest BCUT2D eigenvalue weighted by Gasteiger charge is -2.30. The second kappa shape index (κ2) is 10.2. The maximum Gasteiger partial charge on any atom is 0.410 e. The summed E-state index contributed by atoms with van der Waals surface area (Å²) in [5.41, 5.74) is 1.53. The summed E-state index contributed by atoms with van der Waals surface area (Å²) in [4.78, 5) is 33.2. The summed E-state index contributed by atoms with van der Waals surface area (Å²) in [6.45, 7) is 14.4. The number of halogens is 1. The molecule has 6 nitrogen and oxygen atoms in total. The van der Waals surface area contributed by atoms with Crippen molar-refractivity contribution in [3.05, 3.63) is 62.9 Å². The highest BCUT2D eigenvalue weighted by Gasteiger charge is 2.32. The van der Waals surface area contributed by atoms with Crippen LogP contribution in [0.3, 0.4) is 0 Å². The van der Waals surface area contributed by atoms with Gasteiger partial charge in [-0.05, 0) is 51.0 Å². The summed E-state index contributed by atoms with van der Waals surface area (Å²) >= 11 is 6.50. The lowest BCUT2D eigenvalue weighted by Crippen LogP contribution is -2.39. The first-order valence-corrected chi connectivity index (χ1v) is 12.5. The van der Waals surface area contributed by atoms with Crippen LogP contribution in [0.1, 0.15) is 36.8 Å². The second-order valence-electron chi connectivity index (χ2n) is 8.17. The zero-order chi connectivity index (χ0) is 23.5. The van der Waals surface area contributed by atoms with Crippen LogP contribution in [0.5, 0.6) is 0 Å². The molecule has 2 amide bonds. The average Bonchev–Trinajstić information content (AvgIpc) is 3.33. The van der Waals surface area contributed by atoms with Gasteiger partial charge in [-0.3, -0.25) is 9.79 Å². The highest BCUT2D eigenvalue weighted by molar-refractivity contribution is 9.11. The van der Waals surface area contributed by atoms with Gasteiger partial charge in [-0.2, -0.15) is 0 Å². The Kier molecular flexibility index (Phi) is 7.84. The number of carbonyl (C=O) groups excluding carboxylic acids is 2. The number of fused-ring (bicyclic) bond motifs is 1. The Hall–Kier alpha value is -2.10. The predicted octanol–water partition coefficient (Wildman–Crippen LogP) is 6.01. The molecule has 1 aromatic heterocycles. The molecule has 0 bridgehead atoms. The second-order valence-corrected chi connectivity index (χ2v) is 11.3. The number of aliphatic imine (C=N–C) groups is 1. The number of carbonyl (C=O) groups is 2. The van der Waals surface area contributed by atoms with Crippen molar-refractivity contribution < 1.29 is 14.3 Å². The number of thiophene rings is 1. The van der Waals surface area contributed by atoms with E-state index >= 15 is 0 Å². The van der Waals surface area contributed by atoms with Gasteiger partial charge in [-0.1, -0.05) is 46.9 Å². The zero-order valence-corrected chi connectivity index (χ0v) is 21.6. The number of allylic oxidation sites excluding steroid dienone is 4. The van der Waals surface area contributed by atoms with Crippen LogP contribution in [-0.2, 0) is 22.5 Å². The van der Waals surface area contributed by atoms with Gasteiger partial charge in [0.2, 0.25) is 5.91 Å². The fraction of sp³-hybridized carbons (Fsp3) is 0.348. The van der Waals surface area contributed by atoms with E-state index in [-0.39, 0.29) is 12.0 Å². The third-order valence-corrected chi connectivity index (χ3v) is 7.35. The number of anilines is 1. The van der Waals surface area contributed by atoms with Crippen molar-refractivity contribution in [2.75, 3.05) is 18.4 Å². The topological polar surface area (TPSA) is 71.0 Å². The van der Waals surface area contributed by atoms with Crippen LogP contribution in [-0.4, -0.2) is 40.6 Å². The van der Waals surface area contributed by atoms with Gasteiger partial charge in [0, 0.05) is 26.4 Å². The number of rotatable bonds is 5. The minimum atomic E-state index is -0.548. The maximum atomic E-state index is 12.6. The summed E-state index contributed by atoms with van der Waals surface area (Å²) in [6, 6.07) is 0. The quantitative estimate of drug-likeness (QED) is 0.370. The Morgan fingerprint density at radius 1 is 1.28 bits per heavy atom. The molecule has 0 unspecified atom stereocenters. The van der Waals surface area contributed by atoms with Crippen molar-refractivity contribution in [3.8, 4) is 0 Å². The SMILES string of the molecule is C=CC(=O)Nc1sc2c(c1C1=NC/C(=C\C=C(\Br)C=C)S1)CCN(C(=O)OC(C)(C)C)C2. The normalized spacial score (nSPS) is 17.6. The number of nitrogens with zero attached hydrogens (tertiary/aromatic N) is 2. The van der Waals surface area contributed by atoms with Crippen molar-refractivity contribution in [1.29, 1.82) is 0 Å². The van der Waals surface area contributed by atoms with Crippen LogP contribution in [0.25, 0.3) is 0 Å². The lowest BCUT2D eigenvalue weighted by atomic mass is 10.0. The third kappa shape index (κ3) is 6.02. The van der Waals surface area contributed by atoms with Crippen molar-refractivity contribution in [2.24, 2.45) is 4.99 Å². The van der Waals surface area contributed by atoms with E-state index in [0.717, 1.165) is 35.4 Å². The Balaban J connectivity index is 1.89. The van der Waals surface area contributed by atoms with Gasteiger partial charge >= 0.3 is 6.09 Å². The molecule has 0 saturated heterocycles. The Morgan fingerprint density at radius 2 is 2.03 bits per heavy atom. The molecule has 0 spiro atoms. The van der Waals surface area contributed by atoms with Crippen LogP contribution in [0.15, 0.2) is 51.8 Å².